The van der Waals surface area contributed by atoms with Crippen molar-refractivity contribution in [3.05, 3.63) is 88.3 Å². The van der Waals surface area contributed by atoms with Gasteiger partial charge >= 0.3 is 0 Å². The van der Waals surface area contributed by atoms with Crippen LogP contribution in [0.4, 0.5) is 0 Å². The number of carbonyl (C=O) groups excluding carboxylic acids is 1. The summed E-state index contributed by atoms with van der Waals surface area (Å²) in [5, 5.41) is 6.14. The van der Waals surface area contributed by atoms with E-state index in [2.05, 4.69) is 21.0 Å². The Labute approximate surface area is 165 Å². The van der Waals surface area contributed by atoms with Crippen molar-refractivity contribution in [3.63, 3.8) is 0 Å². The lowest BCUT2D eigenvalue weighted by atomic mass is 10.0. The Morgan fingerprint density at radius 2 is 1.89 bits per heavy atom. The van der Waals surface area contributed by atoms with E-state index in [-0.39, 0.29) is 11.9 Å². The van der Waals surface area contributed by atoms with E-state index >= 15 is 0 Å². The third-order valence-electron chi connectivity index (χ3n) is 4.52. The number of benzene rings is 2. The van der Waals surface area contributed by atoms with Crippen LogP contribution in [-0.4, -0.2) is 23.7 Å². The number of methoxy groups -OCH3 is 1. The van der Waals surface area contributed by atoms with Crippen molar-refractivity contribution in [2.45, 2.75) is 12.5 Å². The van der Waals surface area contributed by atoms with Crippen LogP contribution in [0.3, 0.4) is 0 Å². The lowest BCUT2D eigenvalue weighted by molar-refractivity contribution is 0.0711. The molecule has 0 saturated carbocycles. The maximum absolute atomic E-state index is 13.2. The lowest BCUT2D eigenvalue weighted by Gasteiger charge is -2.22. The molecule has 0 radical (unpaired) electrons. The number of nitrogens with zero attached hydrogens (tertiary/aromatic N) is 2. The Kier molecular flexibility index (Phi) is 4.81. The second kappa shape index (κ2) is 7.40. The summed E-state index contributed by atoms with van der Waals surface area (Å²) in [6, 6.07) is 18.5. The molecule has 5 nitrogen and oxygen atoms in total. The van der Waals surface area contributed by atoms with Crippen molar-refractivity contribution < 1.29 is 13.9 Å². The minimum Gasteiger partial charge on any atom is -0.497 e. The first-order chi connectivity index (χ1) is 13.2. The van der Waals surface area contributed by atoms with Gasteiger partial charge in [0.05, 0.1) is 19.4 Å². The zero-order valence-corrected chi connectivity index (χ0v) is 16.2. The molecule has 1 aromatic heterocycles. The minimum absolute atomic E-state index is 0.160. The number of hydrogen-bond acceptors (Lipinski definition) is 4. The zero-order valence-electron chi connectivity index (χ0n) is 14.6. The smallest absolute Gasteiger partial charge is 0.274 e. The van der Waals surface area contributed by atoms with Gasteiger partial charge in [0.1, 0.15) is 17.2 Å². The summed E-state index contributed by atoms with van der Waals surface area (Å²) in [6.07, 6.45) is 2.21. The molecule has 0 N–H and O–H groups in total. The van der Waals surface area contributed by atoms with Crippen LogP contribution >= 0.6 is 15.9 Å². The summed E-state index contributed by atoms with van der Waals surface area (Å²) in [7, 11) is 1.60. The molecular formula is C21H17BrN2O3. The van der Waals surface area contributed by atoms with Crippen LogP contribution in [0.5, 0.6) is 5.75 Å². The molecule has 27 heavy (non-hydrogen) atoms. The Bertz CT molecular complexity index is 964. The van der Waals surface area contributed by atoms with E-state index in [1.807, 2.05) is 36.4 Å². The maximum atomic E-state index is 13.2. The first kappa shape index (κ1) is 17.5. The largest absolute Gasteiger partial charge is 0.497 e. The molecule has 0 aliphatic carbocycles. The topological polar surface area (TPSA) is 55.0 Å². The van der Waals surface area contributed by atoms with Gasteiger partial charge in [-0.05, 0) is 54.1 Å². The van der Waals surface area contributed by atoms with Crippen molar-refractivity contribution >= 4 is 27.5 Å². The van der Waals surface area contributed by atoms with Gasteiger partial charge in [0.15, 0.2) is 0 Å². The van der Waals surface area contributed by atoms with E-state index in [4.69, 9.17) is 9.15 Å². The molecule has 2 aromatic carbocycles. The zero-order chi connectivity index (χ0) is 18.8. The van der Waals surface area contributed by atoms with Gasteiger partial charge < -0.3 is 9.15 Å². The second-order valence-electron chi connectivity index (χ2n) is 6.17. The van der Waals surface area contributed by atoms with Crippen molar-refractivity contribution in [2.24, 2.45) is 5.10 Å². The molecular weight excluding hydrogens is 408 g/mol. The van der Waals surface area contributed by atoms with E-state index in [1.54, 1.807) is 42.6 Å². The van der Waals surface area contributed by atoms with Gasteiger partial charge in [-0.1, -0.05) is 28.1 Å². The Morgan fingerprint density at radius 3 is 2.52 bits per heavy atom. The Morgan fingerprint density at radius 1 is 1.15 bits per heavy atom. The number of furan rings is 1. The molecule has 6 heteroatoms. The van der Waals surface area contributed by atoms with Crippen molar-refractivity contribution in [1.82, 2.24) is 5.01 Å². The van der Waals surface area contributed by atoms with E-state index in [1.165, 1.54) is 0 Å². The highest BCUT2D eigenvalue weighted by atomic mass is 79.9. The predicted octanol–water partition coefficient (Wildman–Crippen LogP) is 5.04. The predicted molar refractivity (Wildman–Crippen MR) is 106 cm³/mol. The number of hydrazone groups is 1. The summed E-state index contributed by atoms with van der Waals surface area (Å²) in [6.45, 7) is 0. The number of hydrogen-bond donors (Lipinski definition) is 0. The van der Waals surface area contributed by atoms with Crippen LogP contribution in [0.25, 0.3) is 0 Å². The summed E-state index contributed by atoms with van der Waals surface area (Å²) in [5.74, 6) is 1.23. The monoisotopic (exact) mass is 424 g/mol. The first-order valence-corrected chi connectivity index (χ1v) is 9.29. The van der Waals surface area contributed by atoms with Crippen LogP contribution in [-0.2, 0) is 0 Å². The van der Waals surface area contributed by atoms with Crippen molar-refractivity contribution in [3.8, 4) is 5.75 Å². The van der Waals surface area contributed by atoms with Gasteiger partial charge in [-0.15, -0.1) is 0 Å². The third kappa shape index (κ3) is 3.53. The Balaban J connectivity index is 1.69. The van der Waals surface area contributed by atoms with E-state index in [0.29, 0.717) is 23.5 Å². The quantitative estimate of drug-likeness (QED) is 0.589. The molecule has 136 valence electrons. The molecule has 1 amide bonds. The van der Waals surface area contributed by atoms with Gasteiger partial charge in [0.25, 0.3) is 5.91 Å². The van der Waals surface area contributed by atoms with Gasteiger partial charge in [0.2, 0.25) is 0 Å². The van der Waals surface area contributed by atoms with E-state index in [0.717, 1.165) is 15.7 Å². The van der Waals surface area contributed by atoms with Crippen LogP contribution in [0.2, 0.25) is 0 Å². The first-order valence-electron chi connectivity index (χ1n) is 8.50. The summed E-state index contributed by atoms with van der Waals surface area (Å²) >= 11 is 3.46. The maximum Gasteiger partial charge on any atom is 0.274 e. The van der Waals surface area contributed by atoms with Crippen LogP contribution in [0, 0.1) is 0 Å². The average Bonchev–Trinajstić information content (AvgIpc) is 3.38. The molecule has 0 fully saturated rings. The molecule has 1 atom stereocenters. The van der Waals surface area contributed by atoms with Crippen LogP contribution in [0.15, 0.2) is 80.9 Å². The number of amides is 1. The molecule has 0 spiro atoms. The molecule has 0 saturated heterocycles. The lowest BCUT2D eigenvalue weighted by Crippen LogP contribution is -2.27. The van der Waals surface area contributed by atoms with Gasteiger partial charge in [0, 0.05) is 16.5 Å². The molecule has 4 rings (SSSR count). The highest BCUT2D eigenvalue weighted by Gasteiger charge is 2.34. The van der Waals surface area contributed by atoms with Crippen LogP contribution < -0.4 is 4.74 Å². The molecule has 1 aliphatic heterocycles. The SMILES string of the molecule is COc1ccc(C(=O)N2N=C(c3ccco3)C[C@H]2c2ccc(Br)cc2)cc1. The highest BCUT2D eigenvalue weighted by Crippen LogP contribution is 2.34. The molecule has 0 bridgehead atoms. The highest BCUT2D eigenvalue weighted by molar-refractivity contribution is 9.10. The molecule has 3 aromatic rings. The fourth-order valence-corrected chi connectivity index (χ4v) is 3.36. The van der Waals surface area contributed by atoms with Gasteiger partial charge in [-0.3, -0.25) is 4.79 Å². The van der Waals surface area contributed by atoms with Crippen molar-refractivity contribution in [2.75, 3.05) is 7.11 Å². The number of carbonyl (C=O) groups is 1. The molecule has 1 aliphatic rings. The standard InChI is InChI=1S/C21H17BrN2O3/c1-26-17-10-6-15(7-11-17)21(25)24-19(14-4-8-16(22)9-5-14)13-18(23-24)20-3-2-12-27-20/h2-12,19H,13H2,1H3/t19-/m0/s1. The fraction of sp³-hybridized carbons (Fsp3) is 0.143. The summed E-state index contributed by atoms with van der Waals surface area (Å²) < 4.78 is 11.7. The van der Waals surface area contributed by atoms with Gasteiger partial charge in [-0.2, -0.15) is 5.10 Å². The molecule has 0 unspecified atom stereocenters. The average molecular weight is 425 g/mol. The van der Waals surface area contributed by atoms with E-state index < -0.39 is 0 Å². The normalized spacial score (nSPS) is 16.3. The number of halogens is 1. The Hall–Kier alpha value is -2.86. The summed E-state index contributed by atoms with van der Waals surface area (Å²) in [5.41, 5.74) is 2.34. The molecule has 2 heterocycles. The van der Waals surface area contributed by atoms with Crippen LogP contribution in [0.1, 0.15) is 34.1 Å². The summed E-state index contributed by atoms with van der Waals surface area (Å²) in [4.78, 5) is 13.2. The third-order valence-corrected chi connectivity index (χ3v) is 5.04. The number of rotatable bonds is 4. The van der Waals surface area contributed by atoms with Crippen molar-refractivity contribution in [1.29, 1.82) is 0 Å². The van der Waals surface area contributed by atoms with Gasteiger partial charge in [-0.25, -0.2) is 5.01 Å². The van der Waals surface area contributed by atoms with E-state index in [9.17, 15) is 4.79 Å². The second-order valence-corrected chi connectivity index (χ2v) is 7.09. The minimum atomic E-state index is -0.187. The fourth-order valence-electron chi connectivity index (χ4n) is 3.10. The number of ether oxygens (including phenoxy) is 1.